The fourth-order valence-corrected chi connectivity index (χ4v) is 2.12. The summed E-state index contributed by atoms with van der Waals surface area (Å²) in [6, 6.07) is 15.3. The van der Waals surface area contributed by atoms with Crippen molar-refractivity contribution in [3.8, 4) is 5.75 Å². The molecule has 4 nitrogen and oxygen atoms in total. The number of rotatable bonds is 7. The summed E-state index contributed by atoms with van der Waals surface area (Å²) in [5, 5.41) is 22.3. The van der Waals surface area contributed by atoms with Crippen LogP contribution >= 0.6 is 0 Å². The number of benzene rings is 2. The molecule has 2 rings (SSSR count). The lowest BCUT2D eigenvalue weighted by atomic mass is 10.1. The fraction of sp³-hybridized carbons (Fsp3) is 0.294. The van der Waals surface area contributed by atoms with Crippen molar-refractivity contribution in [3.63, 3.8) is 0 Å². The lowest BCUT2D eigenvalue weighted by Gasteiger charge is -2.15. The van der Waals surface area contributed by atoms with Crippen LogP contribution in [0.25, 0.3) is 0 Å². The molecule has 2 aromatic rings. The molecule has 112 valence electrons. The molecule has 0 aliphatic carbocycles. The Morgan fingerprint density at radius 2 is 1.90 bits per heavy atom. The van der Waals surface area contributed by atoms with Crippen LogP contribution in [-0.2, 0) is 13.2 Å². The van der Waals surface area contributed by atoms with Gasteiger partial charge in [-0.15, -0.1) is 0 Å². The molecule has 0 aliphatic rings. The predicted molar refractivity (Wildman–Crippen MR) is 82.0 cm³/mol. The van der Waals surface area contributed by atoms with E-state index in [1.807, 2.05) is 36.4 Å². The van der Waals surface area contributed by atoms with E-state index in [0.717, 1.165) is 11.1 Å². The summed E-state index contributed by atoms with van der Waals surface area (Å²) in [6.07, 6.45) is -0.594. The van der Waals surface area contributed by atoms with Gasteiger partial charge in [0, 0.05) is 12.1 Å². The minimum absolute atomic E-state index is 0.121. The number of aliphatic hydroxyl groups excluding tert-OH is 2. The lowest BCUT2D eigenvalue weighted by Crippen LogP contribution is -2.16. The van der Waals surface area contributed by atoms with E-state index in [4.69, 9.17) is 4.74 Å². The normalized spacial score (nSPS) is 12.1. The third-order valence-electron chi connectivity index (χ3n) is 3.27. The van der Waals surface area contributed by atoms with Crippen LogP contribution in [0.3, 0.4) is 0 Å². The van der Waals surface area contributed by atoms with E-state index in [1.54, 1.807) is 19.2 Å². The maximum absolute atomic E-state index is 9.95. The highest BCUT2D eigenvalue weighted by Gasteiger charge is 2.10. The van der Waals surface area contributed by atoms with Gasteiger partial charge >= 0.3 is 0 Å². The van der Waals surface area contributed by atoms with Crippen LogP contribution in [0.15, 0.2) is 48.5 Å². The minimum Gasteiger partial charge on any atom is -0.489 e. The van der Waals surface area contributed by atoms with Crippen molar-refractivity contribution in [2.75, 3.05) is 13.6 Å². The maximum atomic E-state index is 9.95. The maximum Gasteiger partial charge on any atom is 0.125 e. The second-order valence-corrected chi connectivity index (χ2v) is 4.87. The highest BCUT2D eigenvalue weighted by Crippen LogP contribution is 2.24. The molecule has 2 aromatic carbocycles. The molecule has 0 aliphatic heterocycles. The Balaban J connectivity index is 2.09. The van der Waals surface area contributed by atoms with Crippen LogP contribution in [-0.4, -0.2) is 23.8 Å². The van der Waals surface area contributed by atoms with Gasteiger partial charge in [0.15, 0.2) is 0 Å². The Labute approximate surface area is 125 Å². The van der Waals surface area contributed by atoms with E-state index in [1.165, 1.54) is 0 Å². The summed E-state index contributed by atoms with van der Waals surface area (Å²) in [6.45, 7) is 0.797. The number of ether oxygens (including phenoxy) is 1. The average molecular weight is 287 g/mol. The quantitative estimate of drug-likeness (QED) is 0.729. The summed E-state index contributed by atoms with van der Waals surface area (Å²) < 4.78 is 5.75. The second-order valence-electron chi connectivity index (χ2n) is 4.87. The number of hydrogen-bond acceptors (Lipinski definition) is 4. The molecule has 0 spiro atoms. The van der Waals surface area contributed by atoms with E-state index in [-0.39, 0.29) is 6.61 Å². The van der Waals surface area contributed by atoms with Crippen molar-refractivity contribution < 1.29 is 14.9 Å². The highest BCUT2D eigenvalue weighted by molar-refractivity contribution is 5.38. The van der Waals surface area contributed by atoms with Gasteiger partial charge in [0.2, 0.25) is 0 Å². The Morgan fingerprint density at radius 3 is 2.57 bits per heavy atom. The van der Waals surface area contributed by atoms with Gasteiger partial charge in [0.1, 0.15) is 12.4 Å². The first-order valence-electron chi connectivity index (χ1n) is 6.97. The number of likely N-dealkylation sites (N-methyl/N-ethyl adjacent to an activating group) is 1. The molecule has 0 heterocycles. The Morgan fingerprint density at radius 1 is 1.14 bits per heavy atom. The largest absolute Gasteiger partial charge is 0.489 e. The number of nitrogens with one attached hydrogen (secondary N) is 1. The third kappa shape index (κ3) is 4.29. The molecule has 0 aromatic heterocycles. The van der Waals surface area contributed by atoms with E-state index in [9.17, 15) is 10.2 Å². The van der Waals surface area contributed by atoms with Crippen molar-refractivity contribution in [1.29, 1.82) is 0 Å². The van der Waals surface area contributed by atoms with Gasteiger partial charge in [-0.05, 0) is 30.3 Å². The van der Waals surface area contributed by atoms with Crippen molar-refractivity contribution >= 4 is 0 Å². The van der Waals surface area contributed by atoms with E-state index >= 15 is 0 Å². The van der Waals surface area contributed by atoms with Gasteiger partial charge in [-0.1, -0.05) is 36.4 Å². The molecule has 0 amide bonds. The SMILES string of the molecule is CNC[C@@H](O)c1ccc(OCc2ccccc2)c(CO)c1. The van der Waals surface area contributed by atoms with Crippen molar-refractivity contribution in [3.05, 3.63) is 65.2 Å². The number of aliphatic hydroxyl groups is 2. The molecular weight excluding hydrogens is 266 g/mol. The summed E-state index contributed by atoms with van der Waals surface area (Å²) in [4.78, 5) is 0. The van der Waals surface area contributed by atoms with Crippen LogP contribution in [0, 0.1) is 0 Å². The summed E-state index contributed by atoms with van der Waals surface area (Å²) >= 11 is 0. The fourth-order valence-electron chi connectivity index (χ4n) is 2.12. The first-order valence-corrected chi connectivity index (χ1v) is 6.97. The van der Waals surface area contributed by atoms with Crippen molar-refractivity contribution in [1.82, 2.24) is 5.32 Å². The third-order valence-corrected chi connectivity index (χ3v) is 3.27. The predicted octanol–water partition coefficient (Wildman–Crippen LogP) is 2.01. The molecule has 1 atom stereocenters. The molecule has 0 saturated carbocycles. The smallest absolute Gasteiger partial charge is 0.125 e. The van der Waals surface area contributed by atoms with E-state index < -0.39 is 6.10 Å². The molecule has 0 saturated heterocycles. The molecule has 0 fully saturated rings. The Kier molecular flexibility index (Phi) is 5.75. The van der Waals surface area contributed by atoms with Crippen LogP contribution in [0.4, 0.5) is 0 Å². The minimum atomic E-state index is -0.594. The molecule has 0 bridgehead atoms. The molecule has 3 N–H and O–H groups in total. The van der Waals surface area contributed by atoms with Crippen molar-refractivity contribution in [2.45, 2.75) is 19.3 Å². The van der Waals surface area contributed by atoms with Crippen LogP contribution in [0.1, 0.15) is 22.8 Å². The second kappa shape index (κ2) is 7.78. The van der Waals surface area contributed by atoms with Gasteiger partial charge < -0.3 is 20.3 Å². The summed E-state index contributed by atoms with van der Waals surface area (Å²) in [7, 11) is 1.79. The lowest BCUT2D eigenvalue weighted by molar-refractivity contribution is 0.177. The van der Waals surface area contributed by atoms with Crippen LogP contribution in [0.2, 0.25) is 0 Å². The molecule has 21 heavy (non-hydrogen) atoms. The van der Waals surface area contributed by atoms with Crippen molar-refractivity contribution in [2.24, 2.45) is 0 Å². The van der Waals surface area contributed by atoms with Gasteiger partial charge in [0.05, 0.1) is 12.7 Å². The Bertz CT molecular complexity index is 557. The topological polar surface area (TPSA) is 61.7 Å². The zero-order valence-electron chi connectivity index (χ0n) is 12.1. The molecule has 0 unspecified atom stereocenters. The first-order chi connectivity index (χ1) is 10.2. The number of hydrogen-bond donors (Lipinski definition) is 3. The highest BCUT2D eigenvalue weighted by atomic mass is 16.5. The van der Waals surface area contributed by atoms with Crippen LogP contribution in [0.5, 0.6) is 5.75 Å². The van der Waals surface area contributed by atoms with Gasteiger partial charge in [0.25, 0.3) is 0 Å². The molecular formula is C17H21NO3. The van der Waals surface area contributed by atoms with E-state index in [0.29, 0.717) is 24.5 Å². The molecule has 4 heteroatoms. The van der Waals surface area contributed by atoms with Gasteiger partial charge in [-0.3, -0.25) is 0 Å². The van der Waals surface area contributed by atoms with Crippen LogP contribution < -0.4 is 10.1 Å². The van der Waals surface area contributed by atoms with Gasteiger partial charge in [-0.25, -0.2) is 0 Å². The standard InChI is InChI=1S/C17H21NO3/c1-18-10-16(20)14-7-8-17(15(9-14)11-19)21-12-13-5-3-2-4-6-13/h2-9,16,18-20H,10-12H2,1H3/t16-/m1/s1. The Hall–Kier alpha value is -1.88. The molecule has 0 radical (unpaired) electrons. The monoisotopic (exact) mass is 287 g/mol. The zero-order valence-corrected chi connectivity index (χ0v) is 12.1. The van der Waals surface area contributed by atoms with E-state index in [2.05, 4.69) is 5.32 Å². The first kappa shape index (κ1) is 15.5. The summed E-state index contributed by atoms with van der Waals surface area (Å²) in [5.41, 5.74) is 2.51. The summed E-state index contributed by atoms with van der Waals surface area (Å²) in [5.74, 6) is 0.641. The zero-order chi connectivity index (χ0) is 15.1. The average Bonchev–Trinajstić information content (AvgIpc) is 2.54. The van der Waals surface area contributed by atoms with Gasteiger partial charge in [-0.2, -0.15) is 0 Å².